The van der Waals surface area contributed by atoms with Crippen LogP contribution >= 0.6 is 0 Å². The van der Waals surface area contributed by atoms with Crippen LogP contribution in [0.5, 0.6) is 0 Å². The first-order valence-electron chi connectivity index (χ1n) is 5.74. The van der Waals surface area contributed by atoms with Crippen LogP contribution in [0.15, 0.2) is 0 Å². The molecule has 1 fully saturated rings. The van der Waals surface area contributed by atoms with Crippen LogP contribution in [0.1, 0.15) is 33.6 Å². The van der Waals surface area contributed by atoms with Crippen LogP contribution in [-0.4, -0.2) is 30.8 Å². The highest BCUT2D eigenvalue weighted by atomic mass is 16.7. The van der Waals surface area contributed by atoms with Crippen molar-refractivity contribution in [3.63, 3.8) is 0 Å². The van der Waals surface area contributed by atoms with Gasteiger partial charge in [0.1, 0.15) is 12.1 Å². The minimum atomic E-state index is -0.616. The van der Waals surface area contributed by atoms with Gasteiger partial charge in [-0.25, -0.2) is 10.3 Å². The summed E-state index contributed by atoms with van der Waals surface area (Å²) < 4.78 is 4.97. The van der Waals surface area contributed by atoms with E-state index in [0.717, 1.165) is 12.8 Å². The fraction of sp³-hybridized carbons (Fsp3) is 0.818. The van der Waals surface area contributed by atoms with Crippen molar-refractivity contribution < 1.29 is 19.2 Å². The van der Waals surface area contributed by atoms with Crippen LogP contribution in [-0.2, 0) is 14.4 Å². The van der Waals surface area contributed by atoms with E-state index in [4.69, 9.17) is 9.57 Å². The highest BCUT2D eigenvalue weighted by Gasteiger charge is 2.22. The van der Waals surface area contributed by atoms with Gasteiger partial charge in [0.2, 0.25) is 0 Å². The Kier molecular flexibility index (Phi) is 4.74. The number of carbonyl (C=O) groups excluding carboxylic acids is 2. The molecule has 0 aromatic carbocycles. The third-order valence-electron chi connectivity index (χ3n) is 1.99. The second kappa shape index (κ2) is 5.86. The molecule has 17 heavy (non-hydrogen) atoms. The van der Waals surface area contributed by atoms with Gasteiger partial charge < -0.3 is 10.1 Å². The third-order valence-corrected chi connectivity index (χ3v) is 1.99. The molecule has 1 aliphatic rings. The van der Waals surface area contributed by atoms with Crippen LogP contribution in [0.3, 0.4) is 0 Å². The summed E-state index contributed by atoms with van der Waals surface area (Å²) in [6.45, 7) is 5.65. The van der Waals surface area contributed by atoms with Crippen molar-refractivity contribution in [3.05, 3.63) is 0 Å². The number of hydrogen-bond donors (Lipinski definition) is 2. The highest BCUT2D eigenvalue weighted by molar-refractivity contribution is 5.81. The van der Waals surface area contributed by atoms with Gasteiger partial charge in [-0.2, -0.15) is 0 Å². The molecule has 0 bridgehead atoms. The molecule has 0 aromatic rings. The smallest absolute Gasteiger partial charge is 0.408 e. The lowest BCUT2D eigenvalue weighted by molar-refractivity contribution is -0.133. The summed E-state index contributed by atoms with van der Waals surface area (Å²) in [6.07, 6.45) is 1.70. The molecule has 98 valence electrons. The van der Waals surface area contributed by atoms with Crippen molar-refractivity contribution in [1.82, 2.24) is 10.8 Å². The normalized spacial score (nSPS) is 15.2. The molecule has 6 nitrogen and oxygen atoms in total. The molecule has 0 aliphatic heterocycles. The lowest BCUT2D eigenvalue weighted by Gasteiger charge is -2.19. The first-order valence-corrected chi connectivity index (χ1v) is 5.74. The number of rotatable bonds is 5. The van der Waals surface area contributed by atoms with E-state index in [0.29, 0.717) is 12.5 Å². The van der Waals surface area contributed by atoms with Crippen molar-refractivity contribution in [1.29, 1.82) is 0 Å². The molecule has 2 amide bonds. The molecule has 1 saturated carbocycles. The first kappa shape index (κ1) is 13.8. The predicted octanol–water partition coefficient (Wildman–Crippen LogP) is 0.969. The van der Waals surface area contributed by atoms with E-state index in [9.17, 15) is 9.59 Å². The van der Waals surface area contributed by atoms with Crippen molar-refractivity contribution in [3.8, 4) is 0 Å². The summed E-state index contributed by atoms with van der Waals surface area (Å²) in [5.74, 6) is 0.186. The van der Waals surface area contributed by atoms with Crippen LogP contribution in [0.4, 0.5) is 4.79 Å². The Morgan fingerprint density at radius 1 is 1.29 bits per heavy atom. The molecule has 0 unspecified atom stereocenters. The zero-order chi connectivity index (χ0) is 12.9. The molecule has 0 heterocycles. The maximum absolute atomic E-state index is 11.2. The Labute approximate surface area is 101 Å². The minimum Gasteiger partial charge on any atom is -0.444 e. The van der Waals surface area contributed by atoms with Crippen molar-refractivity contribution in [2.75, 3.05) is 13.2 Å². The Hall–Kier alpha value is -1.30. The second-order valence-electron chi connectivity index (χ2n) is 5.14. The zero-order valence-corrected chi connectivity index (χ0v) is 10.5. The Balaban J connectivity index is 2.03. The maximum atomic E-state index is 11.2. The van der Waals surface area contributed by atoms with Gasteiger partial charge in [0.05, 0.1) is 6.61 Å². The SMILES string of the molecule is CC(C)(C)OC(=O)NCC(=O)NOCC1CC1. The lowest BCUT2D eigenvalue weighted by Crippen LogP contribution is -2.39. The van der Waals surface area contributed by atoms with Crippen molar-refractivity contribution >= 4 is 12.0 Å². The van der Waals surface area contributed by atoms with Crippen LogP contribution in [0, 0.1) is 5.92 Å². The molecule has 1 aliphatic carbocycles. The minimum absolute atomic E-state index is 0.153. The van der Waals surface area contributed by atoms with E-state index in [1.807, 2.05) is 0 Å². The summed E-state index contributed by atoms with van der Waals surface area (Å²) in [5.41, 5.74) is 1.70. The molecular formula is C11H20N2O4. The summed E-state index contributed by atoms with van der Waals surface area (Å²) in [5, 5.41) is 2.34. The fourth-order valence-corrected chi connectivity index (χ4v) is 1.03. The molecule has 0 saturated heterocycles. The van der Waals surface area contributed by atoms with E-state index in [1.54, 1.807) is 20.8 Å². The van der Waals surface area contributed by atoms with Gasteiger partial charge in [0.15, 0.2) is 0 Å². The molecule has 0 atom stereocenters. The van der Waals surface area contributed by atoms with Crippen LogP contribution in [0.2, 0.25) is 0 Å². The largest absolute Gasteiger partial charge is 0.444 e. The number of hydroxylamine groups is 1. The predicted molar refractivity (Wildman–Crippen MR) is 61.1 cm³/mol. The van der Waals surface area contributed by atoms with E-state index in [1.165, 1.54) is 0 Å². The quantitative estimate of drug-likeness (QED) is 0.706. The zero-order valence-electron chi connectivity index (χ0n) is 10.5. The maximum Gasteiger partial charge on any atom is 0.408 e. The topological polar surface area (TPSA) is 76.7 Å². The molecule has 1 rings (SSSR count). The Bertz CT molecular complexity index is 282. The van der Waals surface area contributed by atoms with E-state index >= 15 is 0 Å². The summed E-state index contributed by atoms with van der Waals surface area (Å²) >= 11 is 0. The first-order chi connectivity index (χ1) is 7.87. The summed E-state index contributed by atoms with van der Waals surface area (Å²) in [4.78, 5) is 27.4. The number of nitrogens with one attached hydrogen (secondary N) is 2. The average molecular weight is 244 g/mol. The number of amides is 2. The van der Waals surface area contributed by atoms with Gasteiger partial charge in [-0.15, -0.1) is 0 Å². The second-order valence-corrected chi connectivity index (χ2v) is 5.14. The van der Waals surface area contributed by atoms with Gasteiger partial charge in [-0.05, 0) is 39.5 Å². The molecule has 6 heteroatoms. The Morgan fingerprint density at radius 3 is 2.47 bits per heavy atom. The highest BCUT2D eigenvalue weighted by Crippen LogP contribution is 2.28. The van der Waals surface area contributed by atoms with Crippen molar-refractivity contribution in [2.45, 2.75) is 39.2 Å². The van der Waals surface area contributed by atoms with Crippen molar-refractivity contribution in [2.24, 2.45) is 5.92 Å². The van der Waals surface area contributed by atoms with Crippen LogP contribution in [0.25, 0.3) is 0 Å². The third kappa shape index (κ3) is 7.57. The Morgan fingerprint density at radius 2 is 1.94 bits per heavy atom. The number of carbonyl (C=O) groups is 2. The molecule has 0 radical (unpaired) electrons. The summed E-state index contributed by atoms with van der Waals surface area (Å²) in [7, 11) is 0. The van der Waals surface area contributed by atoms with Crippen LogP contribution < -0.4 is 10.8 Å². The average Bonchev–Trinajstić information content (AvgIpc) is 2.96. The van der Waals surface area contributed by atoms with Gasteiger partial charge in [0.25, 0.3) is 5.91 Å². The number of alkyl carbamates (subject to hydrolysis) is 1. The molecular weight excluding hydrogens is 224 g/mol. The fourth-order valence-electron chi connectivity index (χ4n) is 1.03. The monoisotopic (exact) mass is 244 g/mol. The van der Waals surface area contributed by atoms with E-state index in [-0.39, 0.29) is 6.54 Å². The molecule has 2 N–H and O–H groups in total. The molecule has 0 spiro atoms. The summed E-state index contributed by atoms with van der Waals surface area (Å²) in [6, 6.07) is 0. The number of hydrogen-bond acceptors (Lipinski definition) is 4. The lowest BCUT2D eigenvalue weighted by atomic mass is 10.2. The van der Waals surface area contributed by atoms with Gasteiger partial charge in [0, 0.05) is 0 Å². The van der Waals surface area contributed by atoms with E-state index < -0.39 is 17.6 Å². The number of ether oxygens (including phenoxy) is 1. The van der Waals surface area contributed by atoms with Gasteiger partial charge in [-0.1, -0.05) is 0 Å². The van der Waals surface area contributed by atoms with E-state index in [2.05, 4.69) is 10.8 Å². The standard InChI is InChI=1S/C11H20N2O4/c1-11(2,3)17-10(15)12-6-9(14)13-16-7-8-4-5-8/h8H,4-7H2,1-3H3,(H,12,15)(H,13,14). The molecule has 0 aromatic heterocycles. The van der Waals surface area contributed by atoms with Gasteiger partial charge >= 0.3 is 6.09 Å². The van der Waals surface area contributed by atoms with Gasteiger partial charge in [-0.3, -0.25) is 9.63 Å².